The van der Waals surface area contributed by atoms with Crippen LogP contribution in [0.4, 0.5) is 0 Å². The molecule has 0 atom stereocenters. The van der Waals surface area contributed by atoms with Crippen LogP contribution in [0.3, 0.4) is 0 Å². The Bertz CT molecular complexity index is 736. The van der Waals surface area contributed by atoms with Crippen LogP contribution in [0.5, 0.6) is 0 Å². The maximum atomic E-state index is 4.75. The van der Waals surface area contributed by atoms with E-state index in [4.69, 9.17) is 4.98 Å². The Kier molecular flexibility index (Phi) is 3.78. The fourth-order valence-electron chi connectivity index (χ4n) is 2.37. The van der Waals surface area contributed by atoms with Gasteiger partial charge in [0.2, 0.25) is 0 Å². The summed E-state index contributed by atoms with van der Waals surface area (Å²) in [6.07, 6.45) is 5.20. The summed E-state index contributed by atoms with van der Waals surface area (Å²) in [5.74, 6) is 1.06. The molecule has 5 heteroatoms. The molecule has 0 aliphatic rings. The van der Waals surface area contributed by atoms with Crippen molar-refractivity contribution in [3.63, 3.8) is 0 Å². The van der Waals surface area contributed by atoms with Gasteiger partial charge in [0.1, 0.15) is 16.8 Å². The molecule has 0 unspecified atom stereocenters. The fourth-order valence-corrected chi connectivity index (χ4v) is 2.70. The van der Waals surface area contributed by atoms with Gasteiger partial charge in [0.15, 0.2) is 0 Å². The van der Waals surface area contributed by atoms with Gasteiger partial charge in [-0.05, 0) is 34.5 Å². The average molecular weight is 331 g/mol. The summed E-state index contributed by atoms with van der Waals surface area (Å²) in [5.41, 5.74) is 3.29. The van der Waals surface area contributed by atoms with Crippen molar-refractivity contribution in [2.75, 3.05) is 0 Å². The number of aromatic nitrogens is 4. The molecule has 3 rings (SSSR count). The number of aryl methyl sites for hydroxylation is 1. The first-order valence-corrected chi connectivity index (χ1v) is 7.47. The van der Waals surface area contributed by atoms with Crippen LogP contribution in [0.15, 0.2) is 41.4 Å². The van der Waals surface area contributed by atoms with E-state index in [9.17, 15) is 0 Å². The second kappa shape index (κ2) is 5.71. The lowest BCUT2D eigenvalue weighted by Gasteiger charge is -2.08. The molecule has 4 nitrogen and oxygen atoms in total. The molecule has 2 aromatic heterocycles. The summed E-state index contributed by atoms with van der Waals surface area (Å²) in [7, 11) is 0. The van der Waals surface area contributed by atoms with Crippen molar-refractivity contribution in [3.05, 3.63) is 52.8 Å². The van der Waals surface area contributed by atoms with Gasteiger partial charge in [-0.2, -0.15) is 0 Å². The Morgan fingerprint density at radius 2 is 2.10 bits per heavy atom. The van der Waals surface area contributed by atoms with Crippen molar-refractivity contribution in [2.45, 2.75) is 26.3 Å². The van der Waals surface area contributed by atoms with Gasteiger partial charge in [-0.15, -0.1) is 0 Å². The summed E-state index contributed by atoms with van der Waals surface area (Å²) >= 11 is 3.47. The van der Waals surface area contributed by atoms with E-state index in [0.717, 1.165) is 40.9 Å². The van der Waals surface area contributed by atoms with E-state index in [1.165, 1.54) is 5.52 Å². The van der Waals surface area contributed by atoms with Crippen LogP contribution in [0.2, 0.25) is 0 Å². The predicted molar refractivity (Wildman–Crippen MR) is 82.6 cm³/mol. The van der Waals surface area contributed by atoms with Gasteiger partial charge in [0, 0.05) is 24.7 Å². The van der Waals surface area contributed by atoms with E-state index < -0.39 is 0 Å². The first-order chi connectivity index (χ1) is 9.79. The Morgan fingerprint density at radius 3 is 2.90 bits per heavy atom. The summed E-state index contributed by atoms with van der Waals surface area (Å²) in [4.78, 5) is 13.0. The normalized spacial score (nSPS) is 11.1. The zero-order valence-corrected chi connectivity index (χ0v) is 12.8. The second-order valence-corrected chi connectivity index (χ2v) is 5.44. The van der Waals surface area contributed by atoms with Crippen LogP contribution in [0.25, 0.3) is 11.0 Å². The second-order valence-electron chi connectivity index (χ2n) is 4.68. The van der Waals surface area contributed by atoms with Gasteiger partial charge in [-0.3, -0.25) is 0 Å². The van der Waals surface area contributed by atoms with Crippen molar-refractivity contribution < 1.29 is 0 Å². The first kappa shape index (κ1) is 13.2. The van der Waals surface area contributed by atoms with Crippen LogP contribution >= 0.6 is 15.9 Å². The Hall–Kier alpha value is -1.75. The van der Waals surface area contributed by atoms with E-state index in [1.54, 1.807) is 6.33 Å². The molecular formula is C15H15BrN4. The zero-order valence-electron chi connectivity index (χ0n) is 11.3. The Labute approximate surface area is 126 Å². The van der Waals surface area contributed by atoms with Crippen molar-refractivity contribution >= 4 is 27.0 Å². The van der Waals surface area contributed by atoms with Gasteiger partial charge in [-0.25, -0.2) is 15.0 Å². The van der Waals surface area contributed by atoms with Crippen molar-refractivity contribution in [3.8, 4) is 0 Å². The van der Waals surface area contributed by atoms with Gasteiger partial charge in [0.25, 0.3) is 0 Å². The summed E-state index contributed by atoms with van der Waals surface area (Å²) in [5, 5.41) is 0. The molecule has 1 aromatic carbocycles. The van der Waals surface area contributed by atoms with Crippen LogP contribution < -0.4 is 0 Å². The third-order valence-corrected chi connectivity index (χ3v) is 3.98. The molecule has 0 saturated heterocycles. The highest BCUT2D eigenvalue weighted by atomic mass is 79.9. The molecule has 0 N–H and O–H groups in total. The van der Waals surface area contributed by atoms with Crippen LogP contribution in [0, 0.1) is 0 Å². The highest BCUT2D eigenvalue weighted by Gasteiger charge is 2.12. The number of benzene rings is 1. The molecule has 0 fully saturated rings. The lowest BCUT2D eigenvalue weighted by Crippen LogP contribution is -2.05. The fraction of sp³-hybridized carbons (Fsp3) is 0.267. The average Bonchev–Trinajstić information content (AvgIpc) is 2.80. The number of fused-ring (bicyclic) bond motifs is 1. The smallest absolute Gasteiger partial charge is 0.116 e. The first-order valence-electron chi connectivity index (χ1n) is 6.68. The molecule has 20 heavy (non-hydrogen) atoms. The van der Waals surface area contributed by atoms with Crippen LogP contribution in [-0.4, -0.2) is 19.5 Å². The van der Waals surface area contributed by atoms with E-state index in [2.05, 4.69) is 55.6 Å². The van der Waals surface area contributed by atoms with E-state index in [1.807, 2.05) is 12.3 Å². The molecule has 0 spiro atoms. The third kappa shape index (κ3) is 2.45. The van der Waals surface area contributed by atoms with Gasteiger partial charge in [0.05, 0.1) is 11.0 Å². The number of nitrogens with zero attached hydrogens (tertiary/aromatic N) is 4. The Balaban J connectivity index is 2.06. The summed E-state index contributed by atoms with van der Waals surface area (Å²) in [6.45, 7) is 3.15. The predicted octanol–water partition coefficient (Wildman–Crippen LogP) is 3.59. The van der Waals surface area contributed by atoms with E-state index in [-0.39, 0.29) is 0 Å². The molecule has 102 valence electrons. The quantitative estimate of drug-likeness (QED) is 0.686. The number of rotatable bonds is 4. The Morgan fingerprint density at radius 1 is 1.25 bits per heavy atom. The van der Waals surface area contributed by atoms with Gasteiger partial charge >= 0.3 is 0 Å². The topological polar surface area (TPSA) is 43.6 Å². The standard InChI is InChI=1S/C15H15BrN4/c1-2-7-20-13-6-4-3-5-12(13)19-14(20)8-11-9-17-10-18-15(11)16/h3-6,9-10H,2,7-8H2,1H3. The molecule has 0 radical (unpaired) electrons. The van der Waals surface area contributed by atoms with Crippen molar-refractivity contribution in [2.24, 2.45) is 0 Å². The monoisotopic (exact) mass is 330 g/mol. The van der Waals surface area contributed by atoms with Crippen molar-refractivity contribution in [1.29, 1.82) is 0 Å². The maximum absolute atomic E-state index is 4.75. The SMILES string of the molecule is CCCn1c(Cc2cncnc2Br)nc2ccccc21. The van der Waals surface area contributed by atoms with E-state index >= 15 is 0 Å². The number of hydrogen-bond acceptors (Lipinski definition) is 3. The minimum Gasteiger partial charge on any atom is -0.328 e. The molecule has 0 bridgehead atoms. The molecule has 3 aromatic rings. The van der Waals surface area contributed by atoms with Gasteiger partial charge in [-0.1, -0.05) is 19.1 Å². The largest absolute Gasteiger partial charge is 0.328 e. The zero-order chi connectivity index (χ0) is 13.9. The lowest BCUT2D eigenvalue weighted by atomic mass is 10.2. The highest BCUT2D eigenvalue weighted by Crippen LogP contribution is 2.21. The van der Waals surface area contributed by atoms with E-state index in [0.29, 0.717) is 0 Å². The molecule has 0 amide bonds. The van der Waals surface area contributed by atoms with Crippen molar-refractivity contribution in [1.82, 2.24) is 19.5 Å². The molecule has 0 saturated carbocycles. The van der Waals surface area contributed by atoms with Crippen LogP contribution in [-0.2, 0) is 13.0 Å². The maximum Gasteiger partial charge on any atom is 0.116 e. The number of hydrogen-bond donors (Lipinski definition) is 0. The molecule has 2 heterocycles. The minimum atomic E-state index is 0.732. The molecule has 0 aliphatic heterocycles. The minimum absolute atomic E-state index is 0.732. The highest BCUT2D eigenvalue weighted by molar-refractivity contribution is 9.10. The summed E-state index contributed by atoms with van der Waals surface area (Å²) < 4.78 is 3.12. The molecular weight excluding hydrogens is 316 g/mol. The summed E-state index contributed by atoms with van der Waals surface area (Å²) in [6, 6.07) is 8.26. The number of halogens is 1. The number of imidazole rings is 1. The van der Waals surface area contributed by atoms with Crippen LogP contribution in [0.1, 0.15) is 24.7 Å². The number of para-hydroxylation sites is 2. The lowest BCUT2D eigenvalue weighted by molar-refractivity contribution is 0.663. The third-order valence-electron chi connectivity index (χ3n) is 3.26. The molecule has 0 aliphatic carbocycles. The van der Waals surface area contributed by atoms with Gasteiger partial charge < -0.3 is 4.57 Å².